The second-order valence-corrected chi connectivity index (χ2v) is 4.15. The van der Waals surface area contributed by atoms with Gasteiger partial charge in [0.2, 0.25) is 0 Å². The van der Waals surface area contributed by atoms with Crippen molar-refractivity contribution in [3.05, 3.63) is 53.5 Å². The first-order chi connectivity index (χ1) is 9.15. The second-order valence-electron chi connectivity index (χ2n) is 4.15. The van der Waals surface area contributed by atoms with Gasteiger partial charge in [-0.1, -0.05) is 30.3 Å². The molecule has 0 aliphatic rings. The third kappa shape index (κ3) is 3.77. The molecule has 0 aliphatic heterocycles. The van der Waals surface area contributed by atoms with E-state index in [2.05, 4.69) is 27.4 Å². The van der Waals surface area contributed by atoms with E-state index in [4.69, 9.17) is 5.11 Å². The molecule has 0 fully saturated rings. The minimum atomic E-state index is -1.04. The molecule has 98 valence electrons. The first-order valence-corrected chi connectivity index (χ1v) is 6.02. The van der Waals surface area contributed by atoms with Crippen molar-refractivity contribution in [1.29, 1.82) is 0 Å². The number of carboxylic acid groups (broad SMARTS) is 1. The van der Waals surface area contributed by atoms with Crippen LogP contribution in [0.2, 0.25) is 0 Å². The number of hydrogen-bond acceptors (Lipinski definition) is 4. The molecule has 0 amide bonds. The molecule has 0 atom stereocenters. The maximum atomic E-state index is 10.9. The lowest BCUT2D eigenvalue weighted by atomic mass is 10.1. The third-order valence-electron chi connectivity index (χ3n) is 2.62. The molecule has 0 saturated carbocycles. The van der Waals surface area contributed by atoms with E-state index >= 15 is 0 Å². The van der Waals surface area contributed by atoms with E-state index < -0.39 is 5.97 Å². The number of aromatic carboxylic acids is 1. The molecule has 1 aromatic heterocycles. The zero-order valence-corrected chi connectivity index (χ0v) is 10.6. The van der Waals surface area contributed by atoms with Crippen LogP contribution in [0.5, 0.6) is 0 Å². The molecule has 2 rings (SSSR count). The van der Waals surface area contributed by atoms with E-state index in [1.807, 2.05) is 18.2 Å². The predicted octanol–water partition coefficient (Wildman–Crippen LogP) is 2.14. The van der Waals surface area contributed by atoms with Crippen LogP contribution in [0, 0.1) is 6.92 Å². The van der Waals surface area contributed by atoms with Gasteiger partial charge in [-0.15, -0.1) is 0 Å². The molecule has 1 aromatic carbocycles. The molecule has 5 nitrogen and oxygen atoms in total. The zero-order valence-electron chi connectivity index (χ0n) is 10.6. The number of benzene rings is 1. The number of aromatic nitrogens is 2. The van der Waals surface area contributed by atoms with E-state index in [-0.39, 0.29) is 5.69 Å². The summed E-state index contributed by atoms with van der Waals surface area (Å²) in [5.74, 6) is -0.0560. The van der Waals surface area contributed by atoms with Gasteiger partial charge in [-0.2, -0.15) is 0 Å². The zero-order chi connectivity index (χ0) is 13.7. The van der Waals surface area contributed by atoms with Crippen LogP contribution in [0.25, 0.3) is 0 Å². The number of aryl methyl sites for hydroxylation is 1. The monoisotopic (exact) mass is 257 g/mol. The minimum Gasteiger partial charge on any atom is -0.477 e. The molecule has 2 aromatic rings. The number of hydrogen-bond donors (Lipinski definition) is 2. The summed E-state index contributed by atoms with van der Waals surface area (Å²) in [5, 5.41) is 12.0. The minimum absolute atomic E-state index is 0.00899. The van der Waals surface area contributed by atoms with Crippen LogP contribution in [-0.4, -0.2) is 27.6 Å². The molecule has 5 heteroatoms. The van der Waals surface area contributed by atoms with Crippen molar-refractivity contribution < 1.29 is 9.90 Å². The Balaban J connectivity index is 1.98. The molecular formula is C14H15N3O2. The molecule has 0 aliphatic carbocycles. The molecule has 1 heterocycles. The molecule has 19 heavy (non-hydrogen) atoms. The van der Waals surface area contributed by atoms with Gasteiger partial charge in [0, 0.05) is 12.6 Å². The Bertz CT molecular complexity index is 570. The largest absolute Gasteiger partial charge is 0.477 e. The fraction of sp³-hybridized carbons (Fsp3) is 0.214. The first-order valence-electron chi connectivity index (χ1n) is 6.02. The smallest absolute Gasteiger partial charge is 0.354 e. The lowest BCUT2D eigenvalue weighted by Crippen LogP contribution is -2.10. The topological polar surface area (TPSA) is 75.1 Å². The van der Waals surface area contributed by atoms with Crippen molar-refractivity contribution in [2.45, 2.75) is 13.3 Å². The van der Waals surface area contributed by atoms with Crippen LogP contribution in [0.4, 0.5) is 5.82 Å². The molecule has 0 unspecified atom stereocenters. The standard InChI is InChI=1S/C14H15N3O2/c1-10-16-12(14(18)19)9-13(17-10)15-8-7-11-5-3-2-4-6-11/h2-6,9H,7-8H2,1H3,(H,18,19)(H,15,16,17). The normalized spacial score (nSPS) is 10.2. The Labute approximate surface area is 111 Å². The second kappa shape index (κ2) is 5.95. The molecular weight excluding hydrogens is 242 g/mol. The summed E-state index contributed by atoms with van der Waals surface area (Å²) >= 11 is 0. The summed E-state index contributed by atoms with van der Waals surface area (Å²) in [5.41, 5.74) is 1.23. The van der Waals surface area contributed by atoms with Gasteiger partial charge in [-0.05, 0) is 18.9 Å². The molecule has 0 saturated heterocycles. The number of anilines is 1. The Kier molecular flexibility index (Phi) is 4.07. The summed E-state index contributed by atoms with van der Waals surface area (Å²) < 4.78 is 0. The van der Waals surface area contributed by atoms with E-state index in [0.29, 0.717) is 18.2 Å². The molecule has 2 N–H and O–H groups in total. The van der Waals surface area contributed by atoms with Gasteiger partial charge in [0.05, 0.1) is 0 Å². The van der Waals surface area contributed by atoms with Crippen LogP contribution in [0.1, 0.15) is 21.9 Å². The van der Waals surface area contributed by atoms with E-state index in [1.165, 1.54) is 11.6 Å². The number of carbonyl (C=O) groups is 1. The quantitative estimate of drug-likeness (QED) is 0.858. The maximum Gasteiger partial charge on any atom is 0.354 e. The highest BCUT2D eigenvalue weighted by Crippen LogP contribution is 2.07. The van der Waals surface area contributed by atoms with Gasteiger partial charge in [0.15, 0.2) is 5.69 Å². The Morgan fingerprint density at radius 2 is 2.00 bits per heavy atom. The number of carboxylic acids is 1. The van der Waals surface area contributed by atoms with Crippen LogP contribution in [-0.2, 0) is 6.42 Å². The first kappa shape index (κ1) is 13.0. The van der Waals surface area contributed by atoms with Crippen LogP contribution in [0.15, 0.2) is 36.4 Å². The van der Waals surface area contributed by atoms with Crippen molar-refractivity contribution in [2.75, 3.05) is 11.9 Å². The van der Waals surface area contributed by atoms with Crippen molar-refractivity contribution in [3.8, 4) is 0 Å². The lowest BCUT2D eigenvalue weighted by molar-refractivity contribution is 0.0690. The number of nitrogens with zero attached hydrogens (tertiary/aromatic N) is 2. The summed E-state index contributed by atoms with van der Waals surface area (Å²) in [6, 6.07) is 11.5. The molecule has 0 radical (unpaired) electrons. The average Bonchev–Trinajstić information content (AvgIpc) is 2.39. The molecule has 0 spiro atoms. The van der Waals surface area contributed by atoms with E-state index in [0.717, 1.165) is 6.42 Å². The summed E-state index contributed by atoms with van der Waals surface area (Å²) in [6.45, 7) is 2.37. The fourth-order valence-electron chi connectivity index (χ4n) is 1.75. The summed E-state index contributed by atoms with van der Waals surface area (Å²) in [4.78, 5) is 18.9. The summed E-state index contributed by atoms with van der Waals surface area (Å²) in [7, 11) is 0. The molecule has 0 bridgehead atoms. The van der Waals surface area contributed by atoms with Gasteiger partial charge >= 0.3 is 5.97 Å². The average molecular weight is 257 g/mol. The Morgan fingerprint density at radius 3 is 2.68 bits per heavy atom. The Morgan fingerprint density at radius 1 is 1.26 bits per heavy atom. The summed E-state index contributed by atoms with van der Waals surface area (Å²) in [6.07, 6.45) is 0.853. The van der Waals surface area contributed by atoms with Gasteiger partial charge in [-0.25, -0.2) is 14.8 Å². The lowest BCUT2D eigenvalue weighted by Gasteiger charge is -2.07. The SMILES string of the molecule is Cc1nc(NCCc2ccccc2)cc(C(=O)O)n1. The van der Waals surface area contributed by atoms with Crippen molar-refractivity contribution in [3.63, 3.8) is 0 Å². The predicted molar refractivity (Wildman–Crippen MR) is 72.4 cm³/mol. The van der Waals surface area contributed by atoms with Crippen LogP contribution < -0.4 is 5.32 Å². The maximum absolute atomic E-state index is 10.9. The fourth-order valence-corrected chi connectivity index (χ4v) is 1.75. The van der Waals surface area contributed by atoms with E-state index in [9.17, 15) is 4.79 Å². The highest BCUT2D eigenvalue weighted by Gasteiger charge is 2.07. The number of nitrogens with one attached hydrogen (secondary N) is 1. The van der Waals surface area contributed by atoms with Gasteiger partial charge in [-0.3, -0.25) is 0 Å². The van der Waals surface area contributed by atoms with Crippen molar-refractivity contribution in [2.24, 2.45) is 0 Å². The van der Waals surface area contributed by atoms with Crippen LogP contribution in [0.3, 0.4) is 0 Å². The van der Waals surface area contributed by atoms with Crippen molar-refractivity contribution >= 4 is 11.8 Å². The van der Waals surface area contributed by atoms with Gasteiger partial charge in [0.25, 0.3) is 0 Å². The van der Waals surface area contributed by atoms with Gasteiger partial charge in [0.1, 0.15) is 11.6 Å². The highest BCUT2D eigenvalue weighted by atomic mass is 16.4. The van der Waals surface area contributed by atoms with Crippen molar-refractivity contribution in [1.82, 2.24) is 9.97 Å². The number of rotatable bonds is 5. The highest BCUT2D eigenvalue weighted by molar-refractivity contribution is 5.86. The third-order valence-corrected chi connectivity index (χ3v) is 2.62. The van der Waals surface area contributed by atoms with Gasteiger partial charge < -0.3 is 10.4 Å². The van der Waals surface area contributed by atoms with E-state index in [1.54, 1.807) is 6.92 Å². The Hall–Kier alpha value is -2.43. The van der Waals surface area contributed by atoms with Crippen LogP contribution >= 0.6 is 0 Å².